The zero-order valence-electron chi connectivity index (χ0n) is 45.8. The second-order valence-corrected chi connectivity index (χ2v) is 23.6. The van der Waals surface area contributed by atoms with Gasteiger partial charge >= 0.3 is 0 Å². The molecular formula is C76H56N6. The molecule has 18 rings (SSSR count). The third kappa shape index (κ3) is 6.46. The molecule has 12 aromatic rings. The van der Waals surface area contributed by atoms with E-state index in [4.69, 9.17) is 9.97 Å². The van der Waals surface area contributed by atoms with E-state index >= 15 is 0 Å². The zero-order chi connectivity index (χ0) is 53.9. The summed E-state index contributed by atoms with van der Waals surface area (Å²) in [5.74, 6) is 0.340. The Morgan fingerprint density at radius 2 is 0.841 bits per heavy atom. The third-order valence-electron chi connectivity index (χ3n) is 19.3. The number of aromatic nitrogens is 4. The standard InChI is InChI=1S/C76H56N6/c1-45-33-35-77-43-71(45)81-69-31-25-49(47-23-29-67-59(37-47)55-17-9-11-19-65(55)79(67)53-13-5-3-6-14-53)39-61(69)63-41-51-22-28-58-74-52(21-27-57(73(51)74)75(63)81)42-64-62-40-50(26-32-70(62)82(76(58)64)72-44-78-36-34-46(72)2)48-24-30-68-60(38-48)56-18-10-12-20-66(56)80(68)54-15-7-4-8-16-54/h3-20,23-26,29-44,61-62,69-70H,21-22,27-28H2,1-2H3. The maximum Gasteiger partial charge on any atom is 0.0633 e. The van der Waals surface area contributed by atoms with Gasteiger partial charge in [-0.1, -0.05) is 134 Å². The summed E-state index contributed by atoms with van der Waals surface area (Å²) >= 11 is 0. The quantitative estimate of drug-likeness (QED) is 0.166. The van der Waals surface area contributed by atoms with Crippen molar-refractivity contribution < 1.29 is 0 Å². The Morgan fingerprint density at radius 3 is 1.29 bits per heavy atom. The van der Waals surface area contributed by atoms with Gasteiger partial charge in [-0.15, -0.1) is 0 Å². The van der Waals surface area contributed by atoms with Crippen LogP contribution in [0.1, 0.15) is 67.5 Å². The lowest BCUT2D eigenvalue weighted by molar-refractivity contribution is 0.742. The van der Waals surface area contributed by atoms with Crippen molar-refractivity contribution >= 4 is 77.5 Å². The van der Waals surface area contributed by atoms with Crippen LogP contribution in [-0.4, -0.2) is 31.2 Å². The Bertz CT molecular complexity index is 4570. The zero-order valence-corrected chi connectivity index (χ0v) is 45.8. The van der Waals surface area contributed by atoms with Crippen LogP contribution < -0.4 is 9.80 Å². The third-order valence-corrected chi connectivity index (χ3v) is 19.3. The maximum atomic E-state index is 4.81. The van der Waals surface area contributed by atoms with Gasteiger partial charge in [0.1, 0.15) is 0 Å². The van der Waals surface area contributed by atoms with Gasteiger partial charge in [-0.05, 0) is 190 Å². The molecule has 0 saturated heterocycles. The molecule has 82 heavy (non-hydrogen) atoms. The topological polar surface area (TPSA) is 42.1 Å². The van der Waals surface area contributed by atoms with Crippen LogP contribution >= 0.6 is 0 Å². The first-order valence-corrected chi connectivity index (χ1v) is 29.3. The van der Waals surface area contributed by atoms with Crippen molar-refractivity contribution in [2.45, 2.75) is 63.5 Å². The summed E-state index contributed by atoms with van der Waals surface area (Å²) in [5, 5.41) is 5.10. The molecule has 4 aliphatic carbocycles. The molecule has 4 atom stereocenters. The summed E-state index contributed by atoms with van der Waals surface area (Å²) in [6.07, 6.45) is 27.1. The molecule has 8 aromatic carbocycles. The SMILES string of the molecule is Cc1ccncc1N1c2c(cc3c4c2CCc2cc5c(c(c2-4)CC3)N(c2cnccc2C)C2C=CC(c3ccc4c(c3)c3ccccc3n4-c3ccccc3)=CC52)C2C=C(c3ccc4c(c3)c3ccccc3n4-c3ccccc3)C=CC21. The molecule has 0 spiro atoms. The average molecular weight is 1050 g/mol. The second kappa shape index (κ2) is 17.4. The van der Waals surface area contributed by atoms with E-state index in [-0.39, 0.29) is 23.9 Å². The molecule has 390 valence electrons. The molecule has 0 amide bonds. The number of benzene rings is 8. The van der Waals surface area contributed by atoms with Gasteiger partial charge < -0.3 is 18.9 Å². The number of allylic oxidation sites excluding steroid dienone is 4. The van der Waals surface area contributed by atoms with Gasteiger partial charge in [0.2, 0.25) is 0 Å². The summed E-state index contributed by atoms with van der Waals surface area (Å²) in [6.45, 7) is 4.51. The van der Waals surface area contributed by atoms with Crippen molar-refractivity contribution in [2.75, 3.05) is 9.80 Å². The van der Waals surface area contributed by atoms with Gasteiger partial charge in [-0.25, -0.2) is 0 Å². The van der Waals surface area contributed by atoms with Gasteiger partial charge in [0.15, 0.2) is 0 Å². The monoisotopic (exact) mass is 1050 g/mol. The second-order valence-electron chi connectivity index (χ2n) is 23.6. The number of para-hydroxylation sites is 4. The Balaban J connectivity index is 0.783. The summed E-state index contributed by atoms with van der Waals surface area (Å²) in [7, 11) is 0. The van der Waals surface area contributed by atoms with Crippen molar-refractivity contribution in [3.8, 4) is 22.5 Å². The largest absolute Gasteiger partial charge is 0.332 e. The predicted octanol–water partition coefficient (Wildman–Crippen LogP) is 17.7. The molecule has 0 N–H and O–H groups in total. The highest BCUT2D eigenvalue weighted by Gasteiger charge is 2.47. The average Bonchev–Trinajstić information content (AvgIpc) is 4.21. The molecule has 0 saturated carbocycles. The first kappa shape index (κ1) is 46.0. The van der Waals surface area contributed by atoms with E-state index in [0.717, 1.165) is 25.7 Å². The van der Waals surface area contributed by atoms with Gasteiger partial charge in [0.25, 0.3) is 0 Å². The minimum absolute atomic E-state index is 0.120. The molecule has 2 aliphatic heterocycles. The van der Waals surface area contributed by atoms with E-state index < -0.39 is 0 Å². The number of nitrogens with zero attached hydrogens (tertiary/aromatic N) is 6. The molecule has 6 aliphatic rings. The predicted molar refractivity (Wildman–Crippen MR) is 338 cm³/mol. The summed E-state index contributed by atoms with van der Waals surface area (Å²) in [4.78, 5) is 15.0. The van der Waals surface area contributed by atoms with E-state index in [2.05, 4.69) is 251 Å². The van der Waals surface area contributed by atoms with Gasteiger partial charge in [-0.2, -0.15) is 0 Å². The Hall–Kier alpha value is -9.78. The van der Waals surface area contributed by atoms with Gasteiger partial charge in [0.05, 0.1) is 57.9 Å². The van der Waals surface area contributed by atoms with Crippen LogP contribution in [0.3, 0.4) is 0 Å². The molecule has 0 bridgehead atoms. The van der Waals surface area contributed by atoms with Crippen LogP contribution in [-0.2, 0) is 25.7 Å². The highest BCUT2D eigenvalue weighted by molar-refractivity contribution is 6.12. The number of fused-ring (bicyclic) bond motifs is 14. The fourth-order valence-electron chi connectivity index (χ4n) is 15.8. The van der Waals surface area contributed by atoms with Crippen molar-refractivity contribution in [3.63, 3.8) is 0 Å². The van der Waals surface area contributed by atoms with Gasteiger partial charge in [0, 0.05) is 68.5 Å². The Labute approximate surface area is 476 Å². The van der Waals surface area contributed by atoms with Crippen LogP contribution in [0.4, 0.5) is 22.7 Å². The van der Waals surface area contributed by atoms with Crippen molar-refractivity contribution in [2.24, 2.45) is 0 Å². The number of hydrogen-bond acceptors (Lipinski definition) is 4. The minimum Gasteiger partial charge on any atom is -0.332 e. The molecule has 0 fully saturated rings. The summed E-state index contributed by atoms with van der Waals surface area (Å²) < 4.78 is 4.82. The molecule has 4 aromatic heterocycles. The van der Waals surface area contributed by atoms with Crippen molar-refractivity contribution in [1.29, 1.82) is 0 Å². The van der Waals surface area contributed by atoms with Crippen LogP contribution in [0, 0.1) is 13.8 Å². The first-order chi connectivity index (χ1) is 40.5. The van der Waals surface area contributed by atoms with E-state index in [0.29, 0.717) is 0 Å². The fourth-order valence-corrected chi connectivity index (χ4v) is 15.8. The van der Waals surface area contributed by atoms with Gasteiger partial charge in [-0.3, -0.25) is 9.97 Å². The van der Waals surface area contributed by atoms with E-state index in [1.165, 1.54) is 156 Å². The highest BCUT2D eigenvalue weighted by Crippen LogP contribution is 2.61. The van der Waals surface area contributed by atoms with E-state index in [9.17, 15) is 0 Å². The van der Waals surface area contributed by atoms with E-state index in [1.54, 1.807) is 0 Å². The lowest BCUT2D eigenvalue weighted by Crippen LogP contribution is -2.30. The summed E-state index contributed by atoms with van der Waals surface area (Å²) in [5.41, 5.74) is 31.8. The fraction of sp³-hybridized carbons (Fsp3) is 0.132. The number of hydrogen-bond donors (Lipinski definition) is 0. The van der Waals surface area contributed by atoms with Crippen LogP contribution in [0.2, 0.25) is 0 Å². The molecule has 6 nitrogen and oxygen atoms in total. The smallest absolute Gasteiger partial charge is 0.0633 e. The van der Waals surface area contributed by atoms with Crippen molar-refractivity contribution in [1.82, 2.24) is 19.1 Å². The molecular weight excluding hydrogens is 997 g/mol. The summed E-state index contributed by atoms with van der Waals surface area (Å²) in [6, 6.07) is 63.4. The molecule has 4 unspecified atom stereocenters. The molecule has 0 radical (unpaired) electrons. The van der Waals surface area contributed by atoms with Crippen molar-refractivity contribution in [3.05, 3.63) is 287 Å². The Morgan fingerprint density at radius 1 is 0.415 bits per heavy atom. The van der Waals surface area contributed by atoms with E-state index in [1.807, 2.05) is 12.4 Å². The highest BCUT2D eigenvalue weighted by atomic mass is 15.2. The first-order valence-electron chi connectivity index (χ1n) is 29.3. The normalized spacial score (nSPS) is 18.9. The number of anilines is 4. The minimum atomic E-state index is 0.120. The molecule has 6 heterocycles. The number of rotatable bonds is 6. The van der Waals surface area contributed by atoms with Crippen LogP contribution in [0.25, 0.3) is 77.3 Å². The molecule has 6 heteroatoms. The Kier molecular flexibility index (Phi) is 9.74. The maximum absolute atomic E-state index is 4.81. The number of pyridine rings is 2. The number of aryl methyl sites for hydroxylation is 4. The lowest BCUT2D eigenvalue weighted by atomic mass is 9.71. The van der Waals surface area contributed by atoms with Crippen LogP contribution in [0.15, 0.2) is 231 Å². The van der Waals surface area contributed by atoms with Crippen LogP contribution in [0.5, 0.6) is 0 Å². The lowest BCUT2D eigenvalue weighted by Gasteiger charge is -2.37.